The number of hydrogen-bond acceptors (Lipinski definition) is 2. The zero-order chi connectivity index (χ0) is 6.95. The third kappa shape index (κ3) is 8.15. The summed E-state index contributed by atoms with van der Waals surface area (Å²) in [6, 6.07) is 0. The highest BCUT2D eigenvalue weighted by molar-refractivity contribution is 7.16. The molecular weight excluding hydrogens is 137 g/mol. The van der Waals surface area contributed by atoms with E-state index < -0.39 is 8.69 Å². The van der Waals surface area contributed by atoms with Crippen LogP contribution in [0.3, 0.4) is 0 Å². The smallest absolute Gasteiger partial charge is 0.177 e. The topological polar surface area (TPSA) is 49.3 Å². The summed E-state index contributed by atoms with van der Waals surface area (Å²) < 4.78 is 8.57. The monoisotopic (exact) mass is 151 g/mol. The van der Waals surface area contributed by atoms with Crippen LogP contribution in [0.15, 0.2) is 0 Å². The quantitative estimate of drug-likeness (QED) is 0.493. The van der Waals surface area contributed by atoms with Gasteiger partial charge in [-0.05, 0) is 25.9 Å². The second-order valence-electron chi connectivity index (χ2n) is 1.92. The first-order chi connectivity index (χ1) is 4.41. The normalized spacial score (nSPS) is 19.2. The zero-order valence-electron chi connectivity index (χ0n) is 5.47. The predicted octanol–water partition coefficient (Wildman–Crippen LogP) is 0.410. The van der Waals surface area contributed by atoms with Crippen LogP contribution < -0.4 is 5.32 Å². The van der Waals surface area contributed by atoms with Crippen LogP contribution in [0.25, 0.3) is 0 Å². The average Bonchev–Trinajstić information content (AvgIpc) is 1.93. The molecule has 0 radical (unpaired) electrons. The maximum atomic E-state index is 8.57. The summed E-state index contributed by atoms with van der Waals surface area (Å²) in [5.41, 5.74) is 0. The third-order valence-corrected chi connectivity index (χ3v) is 1.21. The van der Waals surface area contributed by atoms with Gasteiger partial charge in [0.2, 0.25) is 0 Å². The molecule has 1 rings (SSSR count). The fourth-order valence-electron chi connectivity index (χ4n) is 0.802. The van der Waals surface area contributed by atoms with E-state index in [9.17, 15) is 0 Å². The van der Waals surface area contributed by atoms with Crippen molar-refractivity contribution < 1.29 is 9.46 Å². The van der Waals surface area contributed by atoms with Gasteiger partial charge in [0.05, 0.1) is 0 Å². The Morgan fingerprint density at radius 2 is 1.67 bits per heavy atom. The van der Waals surface area contributed by atoms with Gasteiger partial charge in [-0.3, -0.25) is 4.57 Å². The van der Waals surface area contributed by atoms with Crippen molar-refractivity contribution in [3.05, 3.63) is 0 Å². The van der Waals surface area contributed by atoms with Crippen molar-refractivity contribution in [2.45, 2.75) is 19.3 Å². The predicted molar refractivity (Wildman–Crippen MR) is 39.3 cm³/mol. The summed E-state index contributed by atoms with van der Waals surface area (Å²) in [7, 11) is -1.50. The highest BCUT2D eigenvalue weighted by atomic mass is 31.1. The molecule has 1 heterocycles. The SMILES string of the molecule is C1CCNCC1.O=[PH2]O. The van der Waals surface area contributed by atoms with Gasteiger partial charge in [-0.25, -0.2) is 0 Å². The summed E-state index contributed by atoms with van der Waals surface area (Å²) >= 11 is 0. The molecule has 56 valence electrons. The maximum Gasteiger partial charge on any atom is 0.177 e. The van der Waals surface area contributed by atoms with Crippen molar-refractivity contribution in [2.75, 3.05) is 13.1 Å². The first kappa shape index (κ1) is 9.15. The van der Waals surface area contributed by atoms with Crippen LogP contribution in [-0.4, -0.2) is 18.0 Å². The molecule has 0 bridgehead atoms. The van der Waals surface area contributed by atoms with E-state index in [0.717, 1.165) is 0 Å². The Morgan fingerprint density at radius 3 is 1.78 bits per heavy atom. The Kier molecular flexibility index (Phi) is 8.29. The van der Waals surface area contributed by atoms with E-state index in [1.54, 1.807) is 0 Å². The Morgan fingerprint density at radius 1 is 1.22 bits per heavy atom. The van der Waals surface area contributed by atoms with Gasteiger partial charge in [-0.15, -0.1) is 0 Å². The van der Waals surface area contributed by atoms with Crippen LogP contribution in [-0.2, 0) is 4.57 Å². The Labute approximate surface area is 56.7 Å². The lowest BCUT2D eigenvalue weighted by Crippen LogP contribution is -2.21. The minimum absolute atomic E-state index is 1.25. The minimum Gasteiger partial charge on any atom is -0.348 e. The van der Waals surface area contributed by atoms with E-state index in [4.69, 9.17) is 9.46 Å². The molecule has 3 nitrogen and oxygen atoms in total. The van der Waals surface area contributed by atoms with Gasteiger partial charge in [-0.2, -0.15) is 0 Å². The van der Waals surface area contributed by atoms with Gasteiger partial charge < -0.3 is 10.2 Å². The van der Waals surface area contributed by atoms with Crippen molar-refractivity contribution in [3.63, 3.8) is 0 Å². The number of piperidine rings is 1. The van der Waals surface area contributed by atoms with Gasteiger partial charge in [-0.1, -0.05) is 6.42 Å². The molecular formula is C5H14NO2P. The summed E-state index contributed by atoms with van der Waals surface area (Å²) in [5.74, 6) is 0. The lowest BCUT2D eigenvalue weighted by atomic mass is 10.2. The second kappa shape index (κ2) is 8.15. The molecule has 0 aromatic heterocycles. The molecule has 0 aromatic rings. The molecule has 1 saturated heterocycles. The molecule has 1 atom stereocenters. The number of hydrogen-bond donors (Lipinski definition) is 2. The largest absolute Gasteiger partial charge is 0.348 e. The fraction of sp³-hybridized carbons (Fsp3) is 1.00. The summed E-state index contributed by atoms with van der Waals surface area (Å²) in [5, 5.41) is 3.28. The lowest BCUT2D eigenvalue weighted by Gasteiger charge is -2.08. The standard InChI is InChI=1S/C5H11N.H3O2P/c1-2-4-6-5-3-1;1-3-2/h6H,1-5H2;3H2,(H,1,2). The zero-order valence-corrected chi connectivity index (χ0v) is 6.62. The Balaban J connectivity index is 0.000000187. The van der Waals surface area contributed by atoms with E-state index in [-0.39, 0.29) is 0 Å². The summed E-state index contributed by atoms with van der Waals surface area (Å²) in [4.78, 5) is 7.10. The van der Waals surface area contributed by atoms with Crippen LogP contribution in [0.4, 0.5) is 0 Å². The van der Waals surface area contributed by atoms with Crippen LogP contribution >= 0.6 is 8.69 Å². The van der Waals surface area contributed by atoms with Crippen molar-refractivity contribution in [1.82, 2.24) is 5.32 Å². The molecule has 0 saturated carbocycles. The fourth-order valence-corrected chi connectivity index (χ4v) is 0.802. The van der Waals surface area contributed by atoms with E-state index >= 15 is 0 Å². The Bertz CT molecular complexity index is 54.5. The molecule has 0 spiro atoms. The van der Waals surface area contributed by atoms with E-state index in [1.165, 1.54) is 32.4 Å². The van der Waals surface area contributed by atoms with E-state index in [1.807, 2.05) is 0 Å². The van der Waals surface area contributed by atoms with Crippen LogP contribution in [0.1, 0.15) is 19.3 Å². The van der Waals surface area contributed by atoms with Crippen LogP contribution in [0.5, 0.6) is 0 Å². The van der Waals surface area contributed by atoms with Crippen LogP contribution in [0, 0.1) is 0 Å². The van der Waals surface area contributed by atoms with Crippen molar-refractivity contribution in [2.24, 2.45) is 0 Å². The van der Waals surface area contributed by atoms with Gasteiger partial charge in [0.15, 0.2) is 8.69 Å². The van der Waals surface area contributed by atoms with Crippen molar-refractivity contribution in [3.8, 4) is 0 Å². The molecule has 9 heavy (non-hydrogen) atoms. The number of rotatable bonds is 0. The maximum absolute atomic E-state index is 8.57. The molecule has 0 aromatic carbocycles. The highest BCUT2D eigenvalue weighted by Crippen LogP contribution is 1.96. The molecule has 1 fully saturated rings. The lowest BCUT2D eigenvalue weighted by molar-refractivity contribution is 0.520. The average molecular weight is 151 g/mol. The van der Waals surface area contributed by atoms with Gasteiger partial charge in [0.25, 0.3) is 0 Å². The summed E-state index contributed by atoms with van der Waals surface area (Å²) in [6.45, 7) is 2.50. The van der Waals surface area contributed by atoms with E-state index in [0.29, 0.717) is 0 Å². The second-order valence-corrected chi connectivity index (χ2v) is 2.13. The summed E-state index contributed by atoms with van der Waals surface area (Å²) in [6.07, 6.45) is 4.22. The molecule has 4 heteroatoms. The van der Waals surface area contributed by atoms with Gasteiger partial charge >= 0.3 is 0 Å². The molecule has 0 amide bonds. The first-order valence-corrected chi connectivity index (χ1v) is 4.19. The van der Waals surface area contributed by atoms with E-state index in [2.05, 4.69) is 5.32 Å². The molecule has 1 aliphatic rings. The molecule has 1 aliphatic heterocycles. The van der Waals surface area contributed by atoms with Gasteiger partial charge in [0.1, 0.15) is 0 Å². The first-order valence-electron chi connectivity index (χ1n) is 3.20. The third-order valence-electron chi connectivity index (χ3n) is 1.21. The van der Waals surface area contributed by atoms with Crippen molar-refractivity contribution in [1.29, 1.82) is 0 Å². The van der Waals surface area contributed by atoms with Crippen LogP contribution in [0.2, 0.25) is 0 Å². The van der Waals surface area contributed by atoms with Crippen molar-refractivity contribution >= 4 is 8.69 Å². The minimum atomic E-state index is -1.50. The number of nitrogens with one attached hydrogen (secondary N) is 1. The molecule has 2 N–H and O–H groups in total. The molecule has 0 aliphatic carbocycles. The highest BCUT2D eigenvalue weighted by Gasteiger charge is 1.93. The Hall–Kier alpha value is 0.150. The van der Waals surface area contributed by atoms with Gasteiger partial charge in [0, 0.05) is 0 Å². The molecule has 1 unspecified atom stereocenters.